The molecular weight excluding hydrogens is 889 g/mol. The first kappa shape index (κ1) is 50.5. The first-order chi connectivity index (χ1) is 29.6. The summed E-state index contributed by atoms with van der Waals surface area (Å²) in [5.74, 6) is -6.19. The molecule has 0 spiro atoms. The fraction of sp³-hybridized carbons (Fsp3) is 0.512. The van der Waals surface area contributed by atoms with Crippen LogP contribution in [0.4, 0.5) is 5.69 Å². The second kappa shape index (κ2) is 22.5. The summed E-state index contributed by atoms with van der Waals surface area (Å²) in [6.07, 6.45) is 1.19. The van der Waals surface area contributed by atoms with Crippen molar-refractivity contribution in [2.75, 3.05) is 31.6 Å². The van der Waals surface area contributed by atoms with Crippen LogP contribution in [0.5, 0.6) is 0 Å². The molecule has 2 aromatic carbocycles. The highest BCUT2D eigenvalue weighted by atomic mass is 35.5. The number of nitrogens with zero attached hydrogens (tertiary/aromatic N) is 1. The molecule has 0 bridgehead atoms. The average Bonchev–Trinajstić information content (AvgIpc) is 3.79. The minimum Gasteiger partial charge on any atom is -0.747 e. The van der Waals surface area contributed by atoms with Gasteiger partial charge in [0.2, 0.25) is 17.7 Å². The van der Waals surface area contributed by atoms with Crippen LogP contribution in [0.15, 0.2) is 42.5 Å². The Bertz CT molecular complexity index is 2140. The number of hydrogen-bond acceptors (Lipinski definition) is 14. The van der Waals surface area contributed by atoms with Gasteiger partial charge in [-0.15, -0.1) is 5.06 Å². The van der Waals surface area contributed by atoms with E-state index in [-0.39, 0.29) is 71.6 Å². The quantitative estimate of drug-likeness (QED) is 0.0607. The molecule has 19 nitrogen and oxygen atoms in total. The fourth-order valence-electron chi connectivity index (χ4n) is 6.80. The van der Waals surface area contributed by atoms with Gasteiger partial charge in [-0.1, -0.05) is 54.2 Å². The molecule has 2 fully saturated rings. The van der Waals surface area contributed by atoms with Crippen molar-refractivity contribution in [3.05, 3.63) is 63.6 Å². The van der Waals surface area contributed by atoms with Crippen LogP contribution in [0.3, 0.4) is 0 Å². The third-order valence-electron chi connectivity index (χ3n) is 10.0. The number of halogens is 2. The van der Waals surface area contributed by atoms with Crippen molar-refractivity contribution in [2.45, 2.75) is 102 Å². The second-order valence-electron chi connectivity index (χ2n) is 16.0. The summed E-state index contributed by atoms with van der Waals surface area (Å²) in [5, 5.41) is 9.11. The van der Waals surface area contributed by atoms with Crippen molar-refractivity contribution in [3.63, 3.8) is 0 Å². The number of anilines is 1. The molecule has 344 valence electrons. The van der Waals surface area contributed by atoms with E-state index in [9.17, 15) is 51.3 Å². The van der Waals surface area contributed by atoms with Crippen LogP contribution in [0.1, 0.15) is 94.5 Å². The molecule has 2 aliphatic rings. The van der Waals surface area contributed by atoms with Gasteiger partial charge < -0.3 is 40.1 Å². The number of hydrogen-bond donors (Lipinski definition) is 4. The highest BCUT2D eigenvalue weighted by molar-refractivity contribution is 7.87. The van der Waals surface area contributed by atoms with Crippen molar-refractivity contribution < 1.29 is 65.6 Å². The Morgan fingerprint density at radius 2 is 1.51 bits per heavy atom. The largest absolute Gasteiger partial charge is 0.747 e. The maximum atomic E-state index is 14.0. The van der Waals surface area contributed by atoms with E-state index in [1.54, 1.807) is 63.2 Å². The number of benzene rings is 2. The summed E-state index contributed by atoms with van der Waals surface area (Å²) in [6.45, 7) is 5.42. The molecule has 22 heteroatoms. The summed E-state index contributed by atoms with van der Waals surface area (Å²) in [5.41, 5.74) is -0.383. The van der Waals surface area contributed by atoms with Crippen LogP contribution in [0.2, 0.25) is 10.0 Å². The fourth-order valence-corrected chi connectivity index (χ4v) is 8.06. The van der Waals surface area contributed by atoms with Crippen LogP contribution in [0.25, 0.3) is 0 Å². The zero-order valence-electron chi connectivity index (χ0n) is 34.9. The molecule has 6 amide bonds. The summed E-state index contributed by atoms with van der Waals surface area (Å²) in [6, 6.07) is 10.5. The van der Waals surface area contributed by atoms with Gasteiger partial charge in [0, 0.05) is 38.0 Å². The molecular formula is C41H50Cl2N5O14S-. The lowest BCUT2D eigenvalue weighted by Gasteiger charge is -2.31. The van der Waals surface area contributed by atoms with Crippen molar-refractivity contribution in [1.82, 2.24) is 21.0 Å². The average molecular weight is 940 g/mol. The van der Waals surface area contributed by atoms with Gasteiger partial charge in [-0.2, -0.15) is 0 Å². The molecule has 1 aliphatic carbocycles. The molecule has 0 aromatic heterocycles. The molecule has 0 radical (unpaired) electrons. The predicted molar refractivity (Wildman–Crippen MR) is 225 cm³/mol. The number of amides is 6. The third-order valence-corrected chi connectivity index (χ3v) is 11.7. The van der Waals surface area contributed by atoms with E-state index >= 15 is 0 Å². The van der Waals surface area contributed by atoms with Gasteiger partial charge >= 0.3 is 11.9 Å². The van der Waals surface area contributed by atoms with Gasteiger partial charge in [-0.05, 0) is 69.9 Å². The first-order valence-corrected chi connectivity index (χ1v) is 22.3. The van der Waals surface area contributed by atoms with Gasteiger partial charge in [0.15, 0.2) is 0 Å². The lowest BCUT2D eigenvalue weighted by Crippen LogP contribution is -2.51. The number of ether oxygens (including phenoxy) is 2. The van der Waals surface area contributed by atoms with E-state index in [1.807, 2.05) is 0 Å². The van der Waals surface area contributed by atoms with Crippen molar-refractivity contribution in [1.29, 1.82) is 0 Å². The highest BCUT2D eigenvalue weighted by Gasteiger charge is 2.45. The van der Waals surface area contributed by atoms with Gasteiger partial charge in [0.1, 0.15) is 27.0 Å². The first-order valence-electron chi connectivity index (χ1n) is 20.1. The van der Waals surface area contributed by atoms with E-state index in [0.717, 1.165) is 12.8 Å². The van der Waals surface area contributed by atoms with Crippen molar-refractivity contribution in [3.8, 4) is 0 Å². The summed E-state index contributed by atoms with van der Waals surface area (Å²) in [4.78, 5) is 105. The van der Waals surface area contributed by atoms with Gasteiger partial charge in [-0.3, -0.25) is 28.8 Å². The summed E-state index contributed by atoms with van der Waals surface area (Å²) >= 11 is 12.4. The normalized spacial score (nSPS) is 16.5. The van der Waals surface area contributed by atoms with Crippen LogP contribution in [-0.4, -0.2) is 109 Å². The minimum atomic E-state index is -5.13. The molecule has 4 N–H and O–H groups in total. The highest BCUT2D eigenvalue weighted by Crippen LogP contribution is 2.41. The van der Waals surface area contributed by atoms with E-state index < -0.39 is 87.3 Å². The lowest BCUT2D eigenvalue weighted by atomic mass is 9.81. The molecule has 63 heavy (non-hydrogen) atoms. The van der Waals surface area contributed by atoms with Crippen LogP contribution in [0, 0.1) is 5.41 Å². The molecule has 1 unspecified atom stereocenters. The van der Waals surface area contributed by atoms with E-state index in [1.165, 1.54) is 0 Å². The molecule has 1 aliphatic heterocycles. The number of esters is 1. The molecule has 2 atom stereocenters. The Hall–Kier alpha value is -5.15. The SMILES string of the molecule is CC(C)(C)OC(=O)[C@H](Cc1ccc(NC(=O)c2c(Cl)cccc2Cl)cc1)NC(=O)C1(CCNC(=O)CCOCCNC(=O)CCC(=O)ON2C(=O)CC(S(=O)(=O)[O-])C2=O)CCCC1. The zero-order valence-corrected chi connectivity index (χ0v) is 37.3. The van der Waals surface area contributed by atoms with E-state index in [4.69, 9.17) is 32.7 Å². The summed E-state index contributed by atoms with van der Waals surface area (Å²) in [7, 11) is -5.13. The number of hydroxylamine groups is 2. The number of imide groups is 1. The molecule has 1 saturated heterocycles. The minimum absolute atomic E-state index is 0.0122. The molecule has 1 heterocycles. The maximum Gasteiger partial charge on any atom is 0.333 e. The Labute approximate surface area is 374 Å². The van der Waals surface area contributed by atoms with E-state index in [2.05, 4.69) is 26.1 Å². The van der Waals surface area contributed by atoms with Gasteiger partial charge in [0.05, 0.1) is 47.1 Å². The number of rotatable bonds is 21. The number of nitrogens with one attached hydrogen (secondary N) is 4. The monoisotopic (exact) mass is 938 g/mol. The molecule has 1 saturated carbocycles. The lowest BCUT2D eigenvalue weighted by molar-refractivity contribution is -0.197. The van der Waals surface area contributed by atoms with Crippen LogP contribution < -0.4 is 21.3 Å². The Morgan fingerprint density at radius 3 is 2.11 bits per heavy atom. The Balaban J connectivity index is 1.19. The van der Waals surface area contributed by atoms with Crippen LogP contribution in [-0.2, 0) is 64.4 Å². The van der Waals surface area contributed by atoms with Crippen LogP contribution >= 0.6 is 23.2 Å². The smallest absolute Gasteiger partial charge is 0.333 e. The Kier molecular flexibility index (Phi) is 18.0. The van der Waals surface area contributed by atoms with Crippen molar-refractivity contribution >= 4 is 86.4 Å². The molecule has 4 rings (SSSR count). The van der Waals surface area contributed by atoms with Crippen molar-refractivity contribution in [2.24, 2.45) is 5.41 Å². The maximum absolute atomic E-state index is 14.0. The standard InChI is InChI=1S/C41H51Cl2N5O14S/c1-40(2,3)61-38(55)29(23-25-9-11-26(12-10-25)46-36(53)35-27(42)7-6-8-28(35)43)47-39(56)41(16-4-5-17-41)18-19-44-32(50)15-21-60-22-20-45-31(49)13-14-34(52)62-48-33(51)24-30(37(48)54)63(57,58)59/h6-12,29-30H,4-5,13-24H2,1-3H3,(H,44,50)(H,45,49)(H,46,53)(H,47,56)(H,57,58,59)/p-1/t29-,30?/m0/s1. The van der Waals surface area contributed by atoms with Gasteiger partial charge in [0.25, 0.3) is 17.7 Å². The third kappa shape index (κ3) is 15.3. The van der Waals surface area contributed by atoms with E-state index in [0.29, 0.717) is 30.5 Å². The molecule has 2 aromatic rings. The predicted octanol–water partition coefficient (Wildman–Crippen LogP) is 3.12. The zero-order chi connectivity index (χ0) is 46.5. The summed E-state index contributed by atoms with van der Waals surface area (Å²) < 4.78 is 44.4. The number of carbonyl (C=O) groups excluding carboxylic acids is 8. The second-order valence-corrected chi connectivity index (χ2v) is 18.4. The Morgan fingerprint density at radius 1 is 0.889 bits per heavy atom. The van der Waals surface area contributed by atoms with Gasteiger partial charge in [-0.25, -0.2) is 18.0 Å². The topological polar surface area (TPSA) is 273 Å². The number of carbonyl (C=O) groups is 8.